The summed E-state index contributed by atoms with van der Waals surface area (Å²) in [6.07, 6.45) is -2.50. The van der Waals surface area contributed by atoms with E-state index in [-0.39, 0.29) is 57.7 Å². The Hall–Kier alpha value is -5.32. The lowest BCUT2D eigenvalue weighted by molar-refractivity contribution is -0.138. The molecule has 0 bridgehead atoms. The lowest BCUT2D eigenvalue weighted by Gasteiger charge is -2.16. The Bertz CT molecular complexity index is 2220. The predicted octanol–water partition coefficient (Wildman–Crippen LogP) is 4.25. The highest BCUT2D eigenvalue weighted by molar-refractivity contribution is 7.85. The lowest BCUT2D eigenvalue weighted by Crippen LogP contribution is -2.35. The number of hydrogen-bond acceptors (Lipinski definition) is 9. The van der Waals surface area contributed by atoms with Crippen LogP contribution >= 0.6 is 11.6 Å². The van der Waals surface area contributed by atoms with Gasteiger partial charge >= 0.3 is 12.2 Å². The number of benzene rings is 2. The van der Waals surface area contributed by atoms with E-state index in [1.54, 1.807) is 24.3 Å². The molecule has 0 aliphatic carbocycles. The van der Waals surface area contributed by atoms with Crippen LogP contribution in [-0.2, 0) is 22.8 Å². The number of fused-ring (bicyclic) bond motifs is 1. The number of halogens is 4. The van der Waals surface area contributed by atoms with Crippen LogP contribution < -0.4 is 16.0 Å². The molecule has 0 radical (unpaired) electrons. The average Bonchev–Trinajstić information content (AvgIpc) is 3.40. The average molecular weight is 736 g/mol. The summed E-state index contributed by atoms with van der Waals surface area (Å²) in [5, 5.41) is 13.9. The normalized spacial score (nSPS) is 11.2. The largest absolute Gasteiger partial charge is 0.451 e. The molecule has 0 atom stereocenters. The van der Waals surface area contributed by atoms with Gasteiger partial charge in [0.2, 0.25) is 5.75 Å². The van der Waals surface area contributed by atoms with Crippen LogP contribution in [0, 0.1) is 18.3 Å². The van der Waals surface area contributed by atoms with Gasteiger partial charge in [-0.25, -0.2) is 9.78 Å². The highest BCUT2D eigenvalue weighted by Crippen LogP contribution is 2.36. The molecule has 0 fully saturated rings. The van der Waals surface area contributed by atoms with Crippen molar-refractivity contribution in [3.63, 3.8) is 0 Å². The number of amides is 1. The second-order valence-corrected chi connectivity index (χ2v) is 12.3. The molecule has 50 heavy (non-hydrogen) atoms. The molecule has 0 saturated carbocycles. The summed E-state index contributed by atoms with van der Waals surface area (Å²) in [7, 11) is -2.49. The minimum atomic E-state index is -4.91. The molecule has 5 rings (SSSR count). The number of alkyl halides is 3. The fraction of sp³-hybridized carbons (Fsp3) is 0.194. The molecule has 5 N–H and O–H groups in total. The number of pyridine rings is 2. The molecule has 0 spiro atoms. The number of likely N-dealkylation sites (N-methyl/N-ethyl adjacent to an activating group) is 1. The Morgan fingerprint density at radius 3 is 2.44 bits per heavy atom. The van der Waals surface area contributed by atoms with Gasteiger partial charge in [-0.15, -0.1) is 0 Å². The number of hydrogen-bond donors (Lipinski definition) is 2. The fourth-order valence-corrected chi connectivity index (χ4v) is 5.09. The van der Waals surface area contributed by atoms with Crippen LogP contribution in [0.4, 0.5) is 18.0 Å². The van der Waals surface area contributed by atoms with E-state index < -0.39 is 39.2 Å². The zero-order valence-corrected chi connectivity index (χ0v) is 27.8. The second-order valence-electron chi connectivity index (χ2n) is 10.4. The van der Waals surface area contributed by atoms with Gasteiger partial charge in [0.1, 0.15) is 11.3 Å². The second kappa shape index (κ2) is 15.9. The summed E-state index contributed by atoms with van der Waals surface area (Å²) in [5.74, 6) is -1.23. The summed E-state index contributed by atoms with van der Waals surface area (Å²) in [6, 6.07) is 14.8. The number of ether oxygens (including phenoxy) is 1. The SMILES string of the molecule is CN(CCN)C(=O)n1nc(Cn2ccc(C(F)(F)F)c(Oc3cc(Cl)cc(C#N)c3)c2=O)c2cccnc21.Cc1ccc(S(=O)(=O)O)cc1.O. The van der Waals surface area contributed by atoms with Crippen molar-refractivity contribution in [3.05, 3.63) is 111 Å². The van der Waals surface area contributed by atoms with E-state index in [9.17, 15) is 31.2 Å². The summed E-state index contributed by atoms with van der Waals surface area (Å²) in [6.45, 7) is 2.01. The highest BCUT2D eigenvalue weighted by Gasteiger charge is 2.37. The highest BCUT2D eigenvalue weighted by atomic mass is 35.5. The zero-order chi connectivity index (χ0) is 36.1. The van der Waals surface area contributed by atoms with E-state index in [1.807, 2.05) is 13.0 Å². The van der Waals surface area contributed by atoms with Gasteiger partial charge in [-0.2, -0.15) is 36.6 Å². The molecular weight excluding hydrogens is 707 g/mol. The molecule has 3 aromatic heterocycles. The maximum atomic E-state index is 13.8. The standard InChI is InChI=1S/C24H19ClF3N7O3.C7H8O3S.H2O/c1-33(8-5-29)23(37)35-21-17(3-2-6-31-21)19(32-35)13-34-7-4-18(24(26,27)28)20(22(34)36)38-16-10-14(12-30)9-15(25)11-16;1-6-2-4-7(5-3-6)11(8,9)10;/h2-4,6-7,9-11H,5,8,13,29H2,1H3;2-5H,1H3,(H,8,9,10);1H2. The smallest absolute Gasteiger partial charge is 0.420 e. The number of carbonyl (C=O) groups is 1. The molecule has 0 aliphatic rings. The number of rotatable bonds is 7. The third kappa shape index (κ3) is 9.22. The fourth-order valence-electron chi connectivity index (χ4n) is 4.39. The Balaban J connectivity index is 0.000000481. The zero-order valence-electron chi connectivity index (χ0n) is 26.2. The minimum Gasteiger partial charge on any atom is -0.451 e. The summed E-state index contributed by atoms with van der Waals surface area (Å²) in [4.78, 5) is 31.6. The number of carbonyl (C=O) groups excluding carboxylic acids is 1. The van der Waals surface area contributed by atoms with Crippen molar-refractivity contribution < 1.29 is 41.1 Å². The van der Waals surface area contributed by atoms with Crippen molar-refractivity contribution in [2.75, 3.05) is 20.1 Å². The van der Waals surface area contributed by atoms with Crippen molar-refractivity contribution in [2.24, 2.45) is 5.73 Å². The summed E-state index contributed by atoms with van der Waals surface area (Å²) in [5.41, 5.74) is 4.51. The van der Waals surface area contributed by atoms with Gasteiger partial charge in [0.15, 0.2) is 5.65 Å². The molecule has 2 aromatic carbocycles. The van der Waals surface area contributed by atoms with Crippen molar-refractivity contribution in [2.45, 2.75) is 24.5 Å². The van der Waals surface area contributed by atoms with Gasteiger partial charge < -0.3 is 25.4 Å². The maximum absolute atomic E-state index is 13.8. The molecule has 0 unspecified atom stereocenters. The van der Waals surface area contributed by atoms with E-state index in [4.69, 9.17) is 31.9 Å². The van der Waals surface area contributed by atoms with E-state index in [2.05, 4.69) is 10.1 Å². The van der Waals surface area contributed by atoms with Gasteiger partial charge in [-0.05, 0) is 55.5 Å². The number of aryl methyl sites for hydroxylation is 1. The monoisotopic (exact) mass is 735 g/mol. The molecule has 264 valence electrons. The maximum Gasteiger partial charge on any atom is 0.420 e. The number of nitrogens with two attached hydrogens (primary N) is 1. The molecule has 3 heterocycles. The first-order chi connectivity index (χ1) is 23.0. The lowest BCUT2D eigenvalue weighted by atomic mass is 10.2. The Morgan fingerprint density at radius 2 is 1.84 bits per heavy atom. The van der Waals surface area contributed by atoms with E-state index >= 15 is 0 Å². The molecule has 19 heteroatoms. The molecular formula is C31H29ClF3N7O7S. The Labute approximate surface area is 287 Å². The topological polar surface area (TPSA) is 218 Å². The quantitative estimate of drug-likeness (QED) is 0.226. The minimum absolute atomic E-state index is 0. The van der Waals surface area contributed by atoms with Gasteiger partial charge in [0.25, 0.3) is 15.7 Å². The third-order valence-corrected chi connectivity index (χ3v) is 7.86. The van der Waals surface area contributed by atoms with Crippen molar-refractivity contribution in [3.8, 4) is 17.6 Å². The first kappa shape index (κ1) is 39.1. The third-order valence-electron chi connectivity index (χ3n) is 6.78. The van der Waals surface area contributed by atoms with Gasteiger partial charge in [0.05, 0.1) is 28.8 Å². The first-order valence-electron chi connectivity index (χ1n) is 14.0. The molecule has 14 nitrogen and oxygen atoms in total. The molecule has 0 aliphatic heterocycles. The number of nitrogens with zero attached hydrogens (tertiary/aromatic N) is 6. The van der Waals surface area contributed by atoms with E-state index in [0.29, 0.717) is 11.5 Å². The molecule has 0 saturated heterocycles. The number of nitriles is 1. The van der Waals surface area contributed by atoms with Gasteiger partial charge in [0, 0.05) is 42.9 Å². The van der Waals surface area contributed by atoms with Crippen LogP contribution in [0.15, 0.2) is 82.7 Å². The summed E-state index contributed by atoms with van der Waals surface area (Å²) < 4.78 is 78.2. The molecule has 5 aromatic rings. The van der Waals surface area contributed by atoms with Crippen molar-refractivity contribution >= 4 is 38.8 Å². The van der Waals surface area contributed by atoms with Gasteiger partial charge in [-0.3, -0.25) is 9.35 Å². The van der Waals surface area contributed by atoms with Gasteiger partial charge in [-0.1, -0.05) is 29.3 Å². The van der Waals surface area contributed by atoms with Crippen LogP contribution in [0.2, 0.25) is 5.02 Å². The van der Waals surface area contributed by atoms with Crippen molar-refractivity contribution in [1.82, 2.24) is 24.2 Å². The molecule has 1 amide bonds. The van der Waals surface area contributed by atoms with Crippen LogP contribution in [0.3, 0.4) is 0 Å². The van der Waals surface area contributed by atoms with E-state index in [1.165, 1.54) is 42.4 Å². The van der Waals surface area contributed by atoms with Crippen LogP contribution in [-0.4, -0.2) is 68.8 Å². The Morgan fingerprint density at radius 1 is 1.16 bits per heavy atom. The number of aromatic nitrogens is 4. The van der Waals surface area contributed by atoms with Crippen LogP contribution in [0.25, 0.3) is 11.0 Å². The van der Waals surface area contributed by atoms with Crippen molar-refractivity contribution in [1.29, 1.82) is 5.26 Å². The Kier molecular flexibility index (Phi) is 12.5. The van der Waals surface area contributed by atoms with E-state index in [0.717, 1.165) is 27.1 Å². The summed E-state index contributed by atoms with van der Waals surface area (Å²) >= 11 is 5.94. The van der Waals surface area contributed by atoms with Crippen LogP contribution in [0.5, 0.6) is 11.5 Å². The predicted molar refractivity (Wildman–Crippen MR) is 176 cm³/mol. The first-order valence-corrected chi connectivity index (χ1v) is 15.9. The van der Waals surface area contributed by atoms with Crippen LogP contribution in [0.1, 0.15) is 22.4 Å².